The van der Waals surface area contributed by atoms with Gasteiger partial charge in [0.25, 0.3) is 0 Å². The molecule has 0 saturated heterocycles. The molecule has 146 valence electrons. The Kier molecular flexibility index (Phi) is 6.35. The van der Waals surface area contributed by atoms with Crippen molar-refractivity contribution in [2.24, 2.45) is 0 Å². The van der Waals surface area contributed by atoms with Gasteiger partial charge in [0.2, 0.25) is 0 Å². The number of para-hydroxylation sites is 1. The lowest BCUT2D eigenvalue weighted by molar-refractivity contribution is 0.659. The number of thiazole rings is 2. The first-order valence-electron chi connectivity index (χ1n) is 9.11. The Bertz CT molecular complexity index is 1030. The van der Waals surface area contributed by atoms with Gasteiger partial charge in [-0.15, -0.1) is 32.9 Å². The summed E-state index contributed by atoms with van der Waals surface area (Å²) >= 11 is 6.90. The molecule has 0 unspecified atom stereocenters. The Labute approximate surface area is 181 Å². The third kappa shape index (κ3) is 4.42. The molecule has 1 aromatic carbocycles. The average molecular weight is 448 g/mol. The van der Waals surface area contributed by atoms with E-state index in [9.17, 15) is 0 Å². The van der Waals surface area contributed by atoms with Crippen molar-refractivity contribution in [3.63, 3.8) is 0 Å². The third-order valence-electron chi connectivity index (χ3n) is 4.12. The number of thioether (sulfide) groups is 2. The molecule has 0 aliphatic heterocycles. The van der Waals surface area contributed by atoms with Gasteiger partial charge in [-0.3, -0.25) is 0 Å². The van der Waals surface area contributed by atoms with Gasteiger partial charge >= 0.3 is 0 Å². The highest BCUT2D eigenvalue weighted by atomic mass is 32.2. The van der Waals surface area contributed by atoms with Gasteiger partial charge in [-0.25, -0.2) is 9.97 Å². The lowest BCUT2D eigenvalue weighted by Crippen LogP contribution is -2.02. The fourth-order valence-electron chi connectivity index (χ4n) is 2.68. The first kappa shape index (κ1) is 19.9. The van der Waals surface area contributed by atoms with Gasteiger partial charge in [0.15, 0.2) is 9.50 Å². The van der Waals surface area contributed by atoms with Crippen LogP contribution in [0.4, 0.5) is 0 Å². The van der Waals surface area contributed by atoms with E-state index in [1.807, 2.05) is 6.07 Å². The van der Waals surface area contributed by atoms with E-state index in [2.05, 4.69) is 59.1 Å². The minimum atomic E-state index is 0.481. The monoisotopic (exact) mass is 447 g/mol. The quantitative estimate of drug-likeness (QED) is 0.305. The van der Waals surface area contributed by atoms with Crippen LogP contribution in [0.25, 0.3) is 10.2 Å². The van der Waals surface area contributed by atoms with E-state index >= 15 is 0 Å². The predicted octanol–water partition coefficient (Wildman–Crippen LogP) is 6.07. The molecule has 4 rings (SSSR count). The van der Waals surface area contributed by atoms with Crippen molar-refractivity contribution in [1.82, 2.24) is 24.7 Å². The van der Waals surface area contributed by atoms with Crippen LogP contribution in [0.1, 0.15) is 43.2 Å². The molecule has 28 heavy (non-hydrogen) atoms. The summed E-state index contributed by atoms with van der Waals surface area (Å²) in [4.78, 5) is 9.41. The molecular formula is C19H21N5S4. The fourth-order valence-corrected chi connectivity index (χ4v) is 6.54. The number of benzene rings is 1. The van der Waals surface area contributed by atoms with Crippen molar-refractivity contribution in [2.75, 3.05) is 0 Å². The number of nitrogens with zero attached hydrogens (tertiary/aromatic N) is 5. The zero-order valence-corrected chi connectivity index (χ0v) is 19.2. The first-order valence-corrected chi connectivity index (χ1v) is 12.8. The Balaban J connectivity index is 1.41. The molecule has 0 atom stereocenters. The molecular weight excluding hydrogens is 427 g/mol. The predicted molar refractivity (Wildman–Crippen MR) is 121 cm³/mol. The van der Waals surface area contributed by atoms with Crippen LogP contribution >= 0.6 is 46.2 Å². The molecule has 0 bridgehead atoms. The number of hydrogen-bond donors (Lipinski definition) is 0. The van der Waals surface area contributed by atoms with Crippen LogP contribution in [0, 0.1) is 0 Å². The molecule has 3 heterocycles. The number of fused-ring (bicyclic) bond motifs is 1. The molecule has 0 saturated carbocycles. The van der Waals surface area contributed by atoms with Crippen LogP contribution < -0.4 is 0 Å². The normalized spacial score (nSPS) is 11.7. The first-order chi connectivity index (χ1) is 13.6. The fraction of sp³-hybridized carbons (Fsp3) is 0.368. The summed E-state index contributed by atoms with van der Waals surface area (Å²) in [5.74, 6) is 3.08. The molecule has 5 nitrogen and oxygen atoms in total. The van der Waals surface area contributed by atoms with E-state index in [4.69, 9.17) is 9.97 Å². The average Bonchev–Trinajstić information content (AvgIpc) is 3.41. The van der Waals surface area contributed by atoms with Crippen molar-refractivity contribution < 1.29 is 0 Å². The second kappa shape index (κ2) is 8.94. The van der Waals surface area contributed by atoms with Crippen molar-refractivity contribution in [2.45, 2.75) is 54.2 Å². The van der Waals surface area contributed by atoms with Crippen molar-refractivity contribution in [1.29, 1.82) is 0 Å². The summed E-state index contributed by atoms with van der Waals surface area (Å²) in [6.45, 7) is 7.36. The lowest BCUT2D eigenvalue weighted by atomic mass is 10.2. The molecule has 0 amide bonds. The molecule has 3 aromatic heterocycles. The molecule has 0 radical (unpaired) electrons. The standard InChI is InChI=1S/C19H21N5S4/c1-4-24-16(11-27-19-21-14-7-5-6-8-15(14)28-19)22-23-18(24)26-10-13-9-25-17(20-13)12(2)3/h5-9,12H,4,10-11H2,1-3H3. The molecule has 0 fully saturated rings. The summed E-state index contributed by atoms with van der Waals surface area (Å²) in [7, 11) is 0. The Morgan fingerprint density at radius 3 is 2.68 bits per heavy atom. The number of hydrogen-bond acceptors (Lipinski definition) is 8. The van der Waals surface area contributed by atoms with Crippen molar-refractivity contribution in [3.05, 3.63) is 46.2 Å². The maximum atomic E-state index is 4.71. The number of rotatable bonds is 8. The Morgan fingerprint density at radius 2 is 1.93 bits per heavy atom. The summed E-state index contributed by atoms with van der Waals surface area (Å²) < 4.78 is 4.49. The largest absolute Gasteiger partial charge is 0.306 e. The van der Waals surface area contributed by atoms with Crippen molar-refractivity contribution in [3.8, 4) is 0 Å². The van der Waals surface area contributed by atoms with E-state index in [0.717, 1.165) is 44.6 Å². The van der Waals surface area contributed by atoms with Gasteiger partial charge in [-0.1, -0.05) is 49.5 Å². The summed E-state index contributed by atoms with van der Waals surface area (Å²) in [5.41, 5.74) is 2.18. The van der Waals surface area contributed by atoms with Crippen LogP contribution in [-0.4, -0.2) is 24.7 Å². The van der Waals surface area contributed by atoms with Gasteiger partial charge in [-0.05, 0) is 19.1 Å². The summed E-state index contributed by atoms with van der Waals surface area (Å²) in [6, 6.07) is 8.25. The summed E-state index contributed by atoms with van der Waals surface area (Å²) in [6.07, 6.45) is 0. The molecule has 0 spiro atoms. The maximum Gasteiger partial charge on any atom is 0.191 e. The Morgan fingerprint density at radius 1 is 1.07 bits per heavy atom. The zero-order valence-electron chi connectivity index (χ0n) is 16.0. The summed E-state index contributed by atoms with van der Waals surface area (Å²) in [5, 5.41) is 13.2. The molecule has 0 aliphatic carbocycles. The van der Waals surface area contributed by atoms with E-state index in [1.54, 1.807) is 46.2 Å². The second-order valence-corrected chi connectivity index (χ2v) is 10.6. The van der Waals surface area contributed by atoms with Gasteiger partial charge < -0.3 is 4.57 Å². The van der Waals surface area contributed by atoms with Gasteiger partial charge in [0.1, 0.15) is 5.82 Å². The molecule has 0 aliphatic rings. The zero-order chi connectivity index (χ0) is 19.5. The smallest absolute Gasteiger partial charge is 0.191 e. The third-order valence-corrected chi connectivity index (χ3v) is 8.49. The topological polar surface area (TPSA) is 56.5 Å². The molecule has 4 aromatic rings. The second-order valence-electron chi connectivity index (χ2n) is 6.50. The Hall–Kier alpha value is -1.42. The van der Waals surface area contributed by atoms with Gasteiger partial charge in [0, 0.05) is 23.6 Å². The van der Waals surface area contributed by atoms with E-state index in [0.29, 0.717) is 5.92 Å². The molecule has 9 heteroatoms. The van der Waals surface area contributed by atoms with Crippen LogP contribution in [0.3, 0.4) is 0 Å². The SMILES string of the molecule is CCn1c(CSc2nc3ccccc3s2)nnc1SCc1csc(C(C)C)n1. The number of aromatic nitrogens is 5. The van der Waals surface area contributed by atoms with Crippen LogP contribution in [0.15, 0.2) is 39.1 Å². The van der Waals surface area contributed by atoms with Crippen LogP contribution in [-0.2, 0) is 18.1 Å². The van der Waals surface area contributed by atoms with Crippen molar-refractivity contribution >= 4 is 56.4 Å². The van der Waals surface area contributed by atoms with Gasteiger partial charge in [-0.2, -0.15) is 0 Å². The lowest BCUT2D eigenvalue weighted by Gasteiger charge is -2.06. The highest BCUT2D eigenvalue weighted by Crippen LogP contribution is 2.32. The molecule has 0 N–H and O–H groups in total. The van der Waals surface area contributed by atoms with Crippen LogP contribution in [0.5, 0.6) is 0 Å². The highest BCUT2D eigenvalue weighted by molar-refractivity contribution is 8.00. The minimum Gasteiger partial charge on any atom is -0.306 e. The highest BCUT2D eigenvalue weighted by Gasteiger charge is 2.14. The van der Waals surface area contributed by atoms with Crippen LogP contribution in [0.2, 0.25) is 0 Å². The minimum absolute atomic E-state index is 0.481. The van der Waals surface area contributed by atoms with E-state index < -0.39 is 0 Å². The maximum absolute atomic E-state index is 4.71. The van der Waals surface area contributed by atoms with E-state index in [1.165, 1.54) is 9.71 Å². The van der Waals surface area contributed by atoms with Gasteiger partial charge in [0.05, 0.1) is 26.7 Å². The van der Waals surface area contributed by atoms with E-state index in [-0.39, 0.29) is 0 Å².